The van der Waals surface area contributed by atoms with E-state index in [0.717, 1.165) is 11.1 Å². The molecule has 3 rings (SSSR count). The Balaban J connectivity index is 1.95. The van der Waals surface area contributed by atoms with Crippen molar-refractivity contribution < 1.29 is 8.42 Å². The van der Waals surface area contributed by atoms with Gasteiger partial charge in [-0.1, -0.05) is 59.6 Å². The van der Waals surface area contributed by atoms with E-state index in [0.29, 0.717) is 17.0 Å². The van der Waals surface area contributed by atoms with Crippen molar-refractivity contribution in [1.82, 2.24) is 4.72 Å². The van der Waals surface area contributed by atoms with Crippen molar-refractivity contribution in [3.8, 4) is 6.07 Å². The van der Waals surface area contributed by atoms with Crippen LogP contribution in [0, 0.1) is 11.3 Å². The molecule has 2 atom stereocenters. The number of benzene rings is 3. The zero-order valence-electron chi connectivity index (χ0n) is 16.2. The van der Waals surface area contributed by atoms with Crippen LogP contribution in [-0.4, -0.2) is 14.5 Å². The van der Waals surface area contributed by atoms with Crippen molar-refractivity contribution in [3.05, 3.63) is 99.5 Å². The summed E-state index contributed by atoms with van der Waals surface area (Å²) in [5.74, 6) is -0.211. The van der Waals surface area contributed by atoms with Crippen LogP contribution >= 0.6 is 23.2 Å². The summed E-state index contributed by atoms with van der Waals surface area (Å²) in [5, 5.41) is 10.1. The fourth-order valence-corrected chi connectivity index (χ4v) is 5.28. The molecule has 154 valence electrons. The molecule has 0 radical (unpaired) electrons. The highest BCUT2D eigenvalue weighted by atomic mass is 35.5. The minimum atomic E-state index is -3.83. The molecule has 3 aromatic rings. The number of rotatable bonds is 7. The van der Waals surface area contributed by atoms with Crippen LogP contribution in [0.2, 0.25) is 10.0 Å². The number of hydrogen-bond acceptors (Lipinski definition) is 3. The standard InChI is InChI=1S/C23H20Cl2N2O2S/c1-16(27-30(28,29)23-8-3-2-7-22(23)25)21(14-17-9-11-20(24)12-10-17)19-6-4-5-18(13-19)15-26/h2-13,16,21,27H,14H2,1H3. The summed E-state index contributed by atoms with van der Waals surface area (Å²) in [6, 6.07) is 22.7. The van der Waals surface area contributed by atoms with Crippen molar-refractivity contribution in [2.75, 3.05) is 0 Å². The Hall–Kier alpha value is -2.36. The molecule has 0 fully saturated rings. The van der Waals surface area contributed by atoms with E-state index in [1.54, 1.807) is 48.5 Å². The van der Waals surface area contributed by atoms with E-state index in [-0.39, 0.29) is 15.8 Å². The number of nitrogens with zero attached hydrogens (tertiary/aromatic N) is 1. The summed E-state index contributed by atoms with van der Waals surface area (Å²) < 4.78 is 28.7. The van der Waals surface area contributed by atoms with Crippen molar-refractivity contribution in [2.24, 2.45) is 0 Å². The Labute approximate surface area is 187 Å². The molecule has 1 N–H and O–H groups in total. The van der Waals surface area contributed by atoms with Gasteiger partial charge in [0.1, 0.15) is 4.90 Å². The topological polar surface area (TPSA) is 70.0 Å². The van der Waals surface area contributed by atoms with Gasteiger partial charge < -0.3 is 0 Å². The lowest BCUT2D eigenvalue weighted by Gasteiger charge is -2.26. The van der Waals surface area contributed by atoms with Crippen LogP contribution in [-0.2, 0) is 16.4 Å². The third kappa shape index (κ3) is 5.41. The van der Waals surface area contributed by atoms with Gasteiger partial charge in [-0.15, -0.1) is 0 Å². The van der Waals surface area contributed by atoms with E-state index in [1.807, 2.05) is 25.1 Å². The average Bonchev–Trinajstić information content (AvgIpc) is 2.73. The molecular formula is C23H20Cl2N2O2S. The van der Waals surface area contributed by atoms with E-state index in [4.69, 9.17) is 23.2 Å². The van der Waals surface area contributed by atoms with Gasteiger partial charge in [-0.3, -0.25) is 0 Å². The van der Waals surface area contributed by atoms with E-state index in [1.165, 1.54) is 6.07 Å². The first kappa shape index (κ1) is 22.3. The molecule has 7 heteroatoms. The molecule has 2 unspecified atom stereocenters. The van der Waals surface area contributed by atoms with Gasteiger partial charge in [0.2, 0.25) is 10.0 Å². The number of sulfonamides is 1. The zero-order chi connectivity index (χ0) is 21.7. The number of nitriles is 1. The van der Waals surface area contributed by atoms with Gasteiger partial charge in [-0.25, -0.2) is 13.1 Å². The highest BCUT2D eigenvalue weighted by molar-refractivity contribution is 7.89. The zero-order valence-corrected chi connectivity index (χ0v) is 18.5. The molecule has 4 nitrogen and oxygen atoms in total. The van der Waals surface area contributed by atoms with E-state index >= 15 is 0 Å². The predicted molar refractivity (Wildman–Crippen MR) is 120 cm³/mol. The second-order valence-corrected chi connectivity index (χ2v) is 9.54. The van der Waals surface area contributed by atoms with Crippen molar-refractivity contribution in [1.29, 1.82) is 5.26 Å². The molecule has 30 heavy (non-hydrogen) atoms. The van der Waals surface area contributed by atoms with Crippen LogP contribution in [0.4, 0.5) is 0 Å². The lowest BCUT2D eigenvalue weighted by atomic mass is 9.86. The normalized spacial score (nSPS) is 13.4. The molecule has 0 spiro atoms. The molecule has 0 aliphatic carbocycles. The van der Waals surface area contributed by atoms with Crippen LogP contribution < -0.4 is 4.72 Å². The maximum absolute atomic E-state index is 13.0. The van der Waals surface area contributed by atoms with Gasteiger partial charge in [0.25, 0.3) is 0 Å². The van der Waals surface area contributed by atoms with Crippen LogP contribution in [0.3, 0.4) is 0 Å². The molecular weight excluding hydrogens is 439 g/mol. The summed E-state index contributed by atoms with van der Waals surface area (Å²) >= 11 is 12.1. The Morgan fingerprint density at radius 3 is 2.37 bits per heavy atom. The Morgan fingerprint density at radius 1 is 1.00 bits per heavy atom. The quantitative estimate of drug-likeness (QED) is 0.503. The van der Waals surface area contributed by atoms with Gasteiger partial charge in [0.05, 0.1) is 16.7 Å². The third-order valence-corrected chi connectivity index (χ3v) is 7.19. The first-order chi connectivity index (χ1) is 14.3. The second kappa shape index (κ2) is 9.63. The lowest BCUT2D eigenvalue weighted by molar-refractivity contribution is 0.503. The Morgan fingerprint density at radius 2 is 1.70 bits per heavy atom. The third-order valence-electron chi connectivity index (χ3n) is 4.88. The lowest BCUT2D eigenvalue weighted by Crippen LogP contribution is -2.38. The maximum Gasteiger partial charge on any atom is 0.242 e. The molecule has 3 aromatic carbocycles. The molecule has 0 aliphatic heterocycles. The van der Waals surface area contributed by atoms with Crippen LogP contribution in [0.15, 0.2) is 77.7 Å². The van der Waals surface area contributed by atoms with Crippen molar-refractivity contribution >= 4 is 33.2 Å². The van der Waals surface area contributed by atoms with Crippen molar-refractivity contribution in [2.45, 2.75) is 30.2 Å². The summed E-state index contributed by atoms with van der Waals surface area (Å²) in [6.45, 7) is 1.81. The first-order valence-corrected chi connectivity index (χ1v) is 11.6. The van der Waals surface area contributed by atoms with Crippen LogP contribution in [0.25, 0.3) is 0 Å². The number of halogens is 2. The number of hydrogen-bond donors (Lipinski definition) is 1. The molecule has 0 bridgehead atoms. The monoisotopic (exact) mass is 458 g/mol. The van der Waals surface area contributed by atoms with E-state index in [9.17, 15) is 13.7 Å². The fraction of sp³-hybridized carbons (Fsp3) is 0.174. The molecule has 0 saturated carbocycles. The fourth-order valence-electron chi connectivity index (χ4n) is 3.35. The van der Waals surface area contributed by atoms with Gasteiger partial charge in [-0.05, 0) is 60.9 Å². The molecule has 0 saturated heterocycles. The van der Waals surface area contributed by atoms with Gasteiger partial charge >= 0.3 is 0 Å². The minimum absolute atomic E-state index is 0.0366. The van der Waals surface area contributed by atoms with Gasteiger partial charge in [-0.2, -0.15) is 5.26 Å². The Kier molecular flexibility index (Phi) is 7.17. The smallest absolute Gasteiger partial charge is 0.208 e. The van der Waals surface area contributed by atoms with Crippen molar-refractivity contribution in [3.63, 3.8) is 0 Å². The first-order valence-electron chi connectivity index (χ1n) is 9.31. The predicted octanol–water partition coefficient (Wildman–Crippen LogP) is 5.56. The van der Waals surface area contributed by atoms with E-state index in [2.05, 4.69) is 10.8 Å². The molecule has 0 amide bonds. The highest BCUT2D eigenvalue weighted by Gasteiger charge is 2.27. The summed E-state index contributed by atoms with van der Waals surface area (Å²) in [4.78, 5) is 0.0366. The minimum Gasteiger partial charge on any atom is -0.208 e. The molecule has 0 heterocycles. The average molecular weight is 459 g/mol. The SMILES string of the molecule is CC(NS(=O)(=O)c1ccccc1Cl)C(Cc1ccc(Cl)cc1)c1cccc(C#N)c1. The van der Waals surface area contributed by atoms with Crippen LogP contribution in [0.1, 0.15) is 29.5 Å². The summed E-state index contributed by atoms with van der Waals surface area (Å²) in [5.41, 5.74) is 2.41. The maximum atomic E-state index is 13.0. The van der Waals surface area contributed by atoms with Gasteiger partial charge in [0, 0.05) is 17.0 Å². The summed E-state index contributed by atoms with van der Waals surface area (Å²) in [7, 11) is -3.83. The van der Waals surface area contributed by atoms with Crippen LogP contribution in [0.5, 0.6) is 0 Å². The summed E-state index contributed by atoms with van der Waals surface area (Å²) in [6.07, 6.45) is 0.568. The number of nitrogens with one attached hydrogen (secondary N) is 1. The highest BCUT2D eigenvalue weighted by Crippen LogP contribution is 2.28. The molecule has 0 aromatic heterocycles. The van der Waals surface area contributed by atoms with E-state index < -0.39 is 16.1 Å². The second-order valence-electron chi connectivity index (χ2n) is 7.01. The molecule has 0 aliphatic rings. The Bertz CT molecular complexity index is 1170. The van der Waals surface area contributed by atoms with Gasteiger partial charge in [0.15, 0.2) is 0 Å². The largest absolute Gasteiger partial charge is 0.242 e.